The predicted octanol–water partition coefficient (Wildman–Crippen LogP) is 2.89. The molecule has 20 heavy (non-hydrogen) atoms. The molecule has 0 saturated carbocycles. The molecule has 0 spiro atoms. The SMILES string of the molecule is Cc1cc(Cl)c(C(=O)N2CCC(C(=O)O)C2C)cc1C. The fourth-order valence-corrected chi connectivity index (χ4v) is 2.96. The van der Waals surface area contributed by atoms with Gasteiger partial charge in [0.25, 0.3) is 5.91 Å². The highest BCUT2D eigenvalue weighted by Gasteiger charge is 2.38. The Morgan fingerprint density at radius 3 is 2.45 bits per heavy atom. The molecule has 1 saturated heterocycles. The number of amides is 1. The lowest BCUT2D eigenvalue weighted by atomic mass is 10.0. The number of aliphatic carboxylic acids is 1. The summed E-state index contributed by atoms with van der Waals surface area (Å²) in [4.78, 5) is 25.3. The topological polar surface area (TPSA) is 57.6 Å². The number of carboxylic acid groups (broad SMARTS) is 1. The van der Waals surface area contributed by atoms with Gasteiger partial charge in [0.1, 0.15) is 0 Å². The van der Waals surface area contributed by atoms with E-state index in [1.807, 2.05) is 13.8 Å². The van der Waals surface area contributed by atoms with Gasteiger partial charge < -0.3 is 10.0 Å². The molecule has 1 amide bonds. The molecule has 1 heterocycles. The molecule has 2 atom stereocenters. The molecule has 1 aromatic rings. The van der Waals surface area contributed by atoms with Crippen molar-refractivity contribution in [1.82, 2.24) is 4.90 Å². The lowest BCUT2D eigenvalue weighted by molar-refractivity contribution is -0.142. The maximum Gasteiger partial charge on any atom is 0.308 e. The molecule has 1 fully saturated rings. The van der Waals surface area contributed by atoms with E-state index in [4.69, 9.17) is 16.7 Å². The number of hydrogen-bond acceptors (Lipinski definition) is 2. The van der Waals surface area contributed by atoms with Gasteiger partial charge in [-0.2, -0.15) is 0 Å². The van der Waals surface area contributed by atoms with Crippen LogP contribution in [0.25, 0.3) is 0 Å². The Bertz CT molecular complexity index is 570. The highest BCUT2D eigenvalue weighted by Crippen LogP contribution is 2.29. The van der Waals surface area contributed by atoms with Crippen molar-refractivity contribution in [2.75, 3.05) is 6.54 Å². The zero-order valence-electron chi connectivity index (χ0n) is 11.8. The standard InChI is InChI=1S/C15H18ClNO3/c1-8-6-12(13(16)7-9(8)2)14(18)17-5-4-11(10(17)3)15(19)20/h6-7,10-11H,4-5H2,1-3H3,(H,19,20). The zero-order valence-corrected chi connectivity index (χ0v) is 12.6. The maximum atomic E-state index is 12.6. The normalized spacial score (nSPS) is 22.1. The second-order valence-corrected chi connectivity index (χ2v) is 5.80. The van der Waals surface area contributed by atoms with Crippen molar-refractivity contribution in [2.24, 2.45) is 5.92 Å². The Morgan fingerprint density at radius 1 is 1.30 bits per heavy atom. The molecule has 0 bridgehead atoms. The molecule has 0 aromatic heterocycles. The van der Waals surface area contributed by atoms with Crippen LogP contribution in [0, 0.1) is 19.8 Å². The van der Waals surface area contributed by atoms with Gasteiger partial charge in [-0.1, -0.05) is 11.6 Å². The lowest BCUT2D eigenvalue weighted by Crippen LogP contribution is -2.37. The van der Waals surface area contributed by atoms with E-state index in [1.165, 1.54) is 0 Å². The molecule has 5 heteroatoms. The van der Waals surface area contributed by atoms with E-state index in [0.717, 1.165) is 11.1 Å². The summed E-state index contributed by atoms with van der Waals surface area (Å²) in [5, 5.41) is 9.55. The van der Waals surface area contributed by atoms with Gasteiger partial charge in [-0.05, 0) is 50.5 Å². The van der Waals surface area contributed by atoms with Crippen LogP contribution in [0.15, 0.2) is 12.1 Å². The molecule has 1 aliphatic rings. The summed E-state index contributed by atoms with van der Waals surface area (Å²) >= 11 is 6.16. The number of hydrogen-bond donors (Lipinski definition) is 1. The molecule has 2 unspecified atom stereocenters. The average molecular weight is 296 g/mol. The van der Waals surface area contributed by atoms with Crippen LogP contribution < -0.4 is 0 Å². The zero-order chi connectivity index (χ0) is 15.0. The van der Waals surface area contributed by atoms with E-state index < -0.39 is 11.9 Å². The first-order valence-electron chi connectivity index (χ1n) is 6.63. The fourth-order valence-electron chi connectivity index (χ4n) is 2.66. The van der Waals surface area contributed by atoms with Crippen molar-refractivity contribution >= 4 is 23.5 Å². The Kier molecular flexibility index (Phi) is 4.04. The highest BCUT2D eigenvalue weighted by molar-refractivity contribution is 6.34. The number of carbonyl (C=O) groups excluding carboxylic acids is 1. The molecule has 1 N–H and O–H groups in total. The van der Waals surface area contributed by atoms with Gasteiger partial charge in [0.05, 0.1) is 16.5 Å². The minimum atomic E-state index is -0.848. The molecule has 1 aliphatic heterocycles. The molecule has 108 valence electrons. The quantitative estimate of drug-likeness (QED) is 0.912. The fraction of sp³-hybridized carbons (Fsp3) is 0.467. The minimum Gasteiger partial charge on any atom is -0.481 e. The third-order valence-corrected chi connectivity index (χ3v) is 4.46. The third kappa shape index (κ3) is 2.52. The van der Waals surface area contributed by atoms with Crippen LogP contribution >= 0.6 is 11.6 Å². The van der Waals surface area contributed by atoms with Gasteiger partial charge >= 0.3 is 5.97 Å². The summed E-state index contributed by atoms with van der Waals surface area (Å²) < 4.78 is 0. The second kappa shape index (κ2) is 5.44. The number of benzene rings is 1. The first kappa shape index (κ1) is 14.9. The molecule has 0 radical (unpaired) electrons. The van der Waals surface area contributed by atoms with Crippen LogP contribution in [0.4, 0.5) is 0 Å². The third-order valence-electron chi connectivity index (χ3n) is 4.15. The first-order valence-corrected chi connectivity index (χ1v) is 7.01. The molecule has 4 nitrogen and oxygen atoms in total. The number of rotatable bonds is 2. The van der Waals surface area contributed by atoms with Gasteiger partial charge in [0, 0.05) is 12.6 Å². The van der Waals surface area contributed by atoms with E-state index in [0.29, 0.717) is 23.6 Å². The largest absolute Gasteiger partial charge is 0.481 e. The molecular weight excluding hydrogens is 278 g/mol. The molecule has 2 rings (SSSR count). The van der Waals surface area contributed by atoms with E-state index >= 15 is 0 Å². The van der Waals surface area contributed by atoms with Crippen LogP contribution in [0.3, 0.4) is 0 Å². The van der Waals surface area contributed by atoms with Crippen LogP contribution in [-0.2, 0) is 4.79 Å². The Hall–Kier alpha value is -1.55. The van der Waals surface area contributed by atoms with Crippen molar-refractivity contribution in [1.29, 1.82) is 0 Å². The number of aryl methyl sites for hydroxylation is 2. The summed E-state index contributed by atoms with van der Waals surface area (Å²) in [6.45, 7) is 6.10. The number of halogens is 1. The Labute approximate surface area is 123 Å². The van der Waals surface area contributed by atoms with E-state index in [9.17, 15) is 9.59 Å². The Morgan fingerprint density at radius 2 is 1.90 bits per heavy atom. The van der Waals surface area contributed by atoms with Crippen molar-refractivity contribution in [2.45, 2.75) is 33.2 Å². The van der Waals surface area contributed by atoms with Crippen LogP contribution in [-0.4, -0.2) is 34.5 Å². The van der Waals surface area contributed by atoms with Crippen LogP contribution in [0.2, 0.25) is 5.02 Å². The summed E-state index contributed by atoms with van der Waals surface area (Å²) in [5.74, 6) is -1.53. The number of likely N-dealkylation sites (tertiary alicyclic amines) is 1. The molecular formula is C15H18ClNO3. The summed E-state index contributed by atoms with van der Waals surface area (Å²) in [5.41, 5.74) is 2.48. The van der Waals surface area contributed by atoms with Gasteiger partial charge in [0.2, 0.25) is 0 Å². The van der Waals surface area contributed by atoms with Crippen molar-refractivity contribution in [3.8, 4) is 0 Å². The predicted molar refractivity (Wildman–Crippen MR) is 77.2 cm³/mol. The summed E-state index contributed by atoms with van der Waals surface area (Å²) in [6.07, 6.45) is 0.491. The average Bonchev–Trinajstić information content (AvgIpc) is 2.75. The number of nitrogens with zero attached hydrogens (tertiary/aromatic N) is 1. The van der Waals surface area contributed by atoms with Crippen molar-refractivity contribution in [3.05, 3.63) is 33.8 Å². The highest BCUT2D eigenvalue weighted by atomic mass is 35.5. The first-order chi connectivity index (χ1) is 9.32. The van der Waals surface area contributed by atoms with Gasteiger partial charge in [0.15, 0.2) is 0 Å². The van der Waals surface area contributed by atoms with E-state index in [2.05, 4.69) is 0 Å². The molecule has 0 aliphatic carbocycles. The Balaban J connectivity index is 2.29. The minimum absolute atomic E-state index is 0.186. The van der Waals surface area contributed by atoms with Crippen molar-refractivity contribution < 1.29 is 14.7 Å². The van der Waals surface area contributed by atoms with Gasteiger partial charge in [-0.25, -0.2) is 0 Å². The summed E-state index contributed by atoms with van der Waals surface area (Å²) in [6, 6.07) is 3.25. The number of carboxylic acids is 1. The van der Waals surface area contributed by atoms with Gasteiger partial charge in [-0.3, -0.25) is 9.59 Å². The van der Waals surface area contributed by atoms with Crippen LogP contribution in [0.1, 0.15) is 34.8 Å². The number of carbonyl (C=O) groups is 2. The summed E-state index contributed by atoms with van der Waals surface area (Å²) in [7, 11) is 0. The smallest absolute Gasteiger partial charge is 0.308 e. The van der Waals surface area contributed by atoms with Crippen molar-refractivity contribution in [3.63, 3.8) is 0 Å². The molecule has 1 aromatic carbocycles. The van der Waals surface area contributed by atoms with Crippen LogP contribution in [0.5, 0.6) is 0 Å². The van der Waals surface area contributed by atoms with E-state index in [1.54, 1.807) is 24.0 Å². The lowest BCUT2D eigenvalue weighted by Gasteiger charge is -2.24. The van der Waals surface area contributed by atoms with Gasteiger partial charge in [-0.15, -0.1) is 0 Å². The van der Waals surface area contributed by atoms with E-state index in [-0.39, 0.29) is 11.9 Å². The second-order valence-electron chi connectivity index (χ2n) is 5.39. The maximum absolute atomic E-state index is 12.6. The monoisotopic (exact) mass is 295 g/mol.